The molecule has 2 rings (SSSR count). The van der Waals surface area contributed by atoms with Crippen molar-refractivity contribution in [1.29, 1.82) is 0 Å². The third kappa shape index (κ3) is 2.82. The topological polar surface area (TPSA) is 46.2 Å². The summed E-state index contributed by atoms with van der Waals surface area (Å²) < 4.78 is 27.3. The van der Waals surface area contributed by atoms with Gasteiger partial charge in [-0.25, -0.2) is 8.42 Å². The molecule has 90 valence electrons. The molecule has 0 aliphatic carbocycles. The maximum atomic E-state index is 12.0. The molecule has 7 heteroatoms. The van der Waals surface area contributed by atoms with Crippen LogP contribution in [-0.4, -0.2) is 8.42 Å². The van der Waals surface area contributed by atoms with E-state index in [0.717, 1.165) is 11.3 Å². The van der Waals surface area contributed by atoms with Crippen LogP contribution in [0.4, 0.5) is 5.69 Å². The first-order valence-electron chi connectivity index (χ1n) is 4.51. The van der Waals surface area contributed by atoms with Crippen LogP contribution in [0.2, 0.25) is 5.02 Å². The maximum Gasteiger partial charge on any atom is 0.272 e. The molecule has 17 heavy (non-hydrogen) atoms. The lowest BCUT2D eigenvalue weighted by Gasteiger charge is -2.08. The van der Waals surface area contributed by atoms with Gasteiger partial charge in [0, 0.05) is 4.47 Å². The van der Waals surface area contributed by atoms with Gasteiger partial charge in [0.1, 0.15) is 0 Å². The largest absolute Gasteiger partial charge is 0.277 e. The molecule has 0 radical (unpaired) electrons. The van der Waals surface area contributed by atoms with Crippen molar-refractivity contribution in [3.05, 3.63) is 45.2 Å². The molecule has 0 unspecified atom stereocenters. The molecule has 0 atom stereocenters. The fraction of sp³-hybridized carbons (Fsp3) is 0. The van der Waals surface area contributed by atoms with E-state index in [1.807, 2.05) is 0 Å². The highest BCUT2D eigenvalue weighted by atomic mass is 79.9. The summed E-state index contributed by atoms with van der Waals surface area (Å²) in [7, 11) is -3.59. The van der Waals surface area contributed by atoms with E-state index < -0.39 is 10.0 Å². The Morgan fingerprint density at radius 1 is 1.24 bits per heavy atom. The lowest BCUT2D eigenvalue weighted by Crippen LogP contribution is -2.12. The fourth-order valence-corrected chi connectivity index (χ4v) is 4.86. The summed E-state index contributed by atoms with van der Waals surface area (Å²) >= 11 is 10.2. The first-order valence-corrected chi connectivity index (χ1v) is 8.04. The quantitative estimate of drug-likeness (QED) is 0.908. The molecule has 0 saturated heterocycles. The van der Waals surface area contributed by atoms with Crippen molar-refractivity contribution in [2.24, 2.45) is 0 Å². The smallest absolute Gasteiger partial charge is 0.272 e. The van der Waals surface area contributed by atoms with Crippen LogP contribution in [0.3, 0.4) is 0 Å². The van der Waals surface area contributed by atoms with Crippen molar-refractivity contribution < 1.29 is 8.42 Å². The summed E-state index contributed by atoms with van der Waals surface area (Å²) in [6.45, 7) is 0. The summed E-state index contributed by atoms with van der Waals surface area (Å²) in [4.78, 5) is 0. The Morgan fingerprint density at radius 2 is 1.94 bits per heavy atom. The summed E-state index contributed by atoms with van der Waals surface area (Å²) in [6, 6.07) is 8.38. The van der Waals surface area contributed by atoms with Crippen molar-refractivity contribution >= 4 is 54.6 Å². The number of nitrogens with one attached hydrogen (secondary N) is 1. The summed E-state index contributed by atoms with van der Waals surface area (Å²) in [6.07, 6.45) is 0. The van der Waals surface area contributed by atoms with Crippen molar-refractivity contribution in [3.63, 3.8) is 0 Å². The molecule has 0 aliphatic heterocycles. The monoisotopic (exact) mass is 351 g/mol. The van der Waals surface area contributed by atoms with Gasteiger partial charge in [0.15, 0.2) is 4.21 Å². The normalized spacial score (nSPS) is 11.4. The molecule has 2 aromatic rings. The van der Waals surface area contributed by atoms with E-state index >= 15 is 0 Å². The third-order valence-corrected chi connectivity index (χ3v) is 6.31. The molecule has 0 saturated carbocycles. The minimum Gasteiger partial charge on any atom is -0.277 e. The number of rotatable bonds is 3. The predicted octanol–water partition coefficient (Wildman–Crippen LogP) is 3.96. The van der Waals surface area contributed by atoms with Crippen LogP contribution in [0.5, 0.6) is 0 Å². The average Bonchev–Trinajstić information content (AvgIpc) is 2.68. The molecule has 0 aliphatic rings. The second-order valence-electron chi connectivity index (χ2n) is 3.14. The zero-order valence-electron chi connectivity index (χ0n) is 8.35. The van der Waals surface area contributed by atoms with Crippen molar-refractivity contribution in [3.8, 4) is 0 Å². The zero-order valence-corrected chi connectivity index (χ0v) is 12.3. The summed E-state index contributed by atoms with van der Waals surface area (Å²) in [5.41, 5.74) is 0.370. The van der Waals surface area contributed by atoms with Gasteiger partial charge >= 0.3 is 0 Å². The van der Waals surface area contributed by atoms with E-state index in [1.54, 1.807) is 35.7 Å². The van der Waals surface area contributed by atoms with E-state index in [1.165, 1.54) is 0 Å². The van der Waals surface area contributed by atoms with E-state index in [0.29, 0.717) is 15.2 Å². The van der Waals surface area contributed by atoms with Crippen LogP contribution in [-0.2, 0) is 10.0 Å². The van der Waals surface area contributed by atoms with Crippen LogP contribution >= 0.6 is 38.9 Å². The predicted molar refractivity (Wildman–Crippen MR) is 74.3 cm³/mol. The summed E-state index contributed by atoms with van der Waals surface area (Å²) in [5, 5.41) is 2.06. The average molecular weight is 353 g/mol. The lowest BCUT2D eigenvalue weighted by atomic mass is 10.3. The lowest BCUT2D eigenvalue weighted by molar-refractivity contribution is 0.603. The van der Waals surface area contributed by atoms with Gasteiger partial charge in [-0.3, -0.25) is 4.72 Å². The van der Waals surface area contributed by atoms with Crippen molar-refractivity contribution in [2.45, 2.75) is 4.21 Å². The minimum atomic E-state index is -3.59. The Labute approximate surface area is 117 Å². The molecular formula is C10H7BrClNO2S2. The van der Waals surface area contributed by atoms with E-state index in [2.05, 4.69) is 20.7 Å². The highest BCUT2D eigenvalue weighted by molar-refractivity contribution is 9.10. The Bertz CT molecular complexity index is 639. The van der Waals surface area contributed by atoms with Gasteiger partial charge in [-0.15, -0.1) is 11.3 Å². The first kappa shape index (κ1) is 12.9. The molecule has 3 nitrogen and oxygen atoms in total. The molecule has 0 amide bonds. The van der Waals surface area contributed by atoms with E-state index in [4.69, 9.17) is 11.6 Å². The number of hydrogen-bond acceptors (Lipinski definition) is 3. The van der Waals surface area contributed by atoms with E-state index in [-0.39, 0.29) is 4.21 Å². The number of sulfonamides is 1. The Balaban J connectivity index is 2.37. The molecule has 0 fully saturated rings. The van der Waals surface area contributed by atoms with Crippen LogP contribution < -0.4 is 4.72 Å². The second-order valence-corrected chi connectivity index (χ2v) is 7.20. The van der Waals surface area contributed by atoms with Crippen molar-refractivity contribution in [1.82, 2.24) is 0 Å². The maximum absolute atomic E-state index is 12.0. The zero-order chi connectivity index (χ0) is 12.5. The van der Waals surface area contributed by atoms with Gasteiger partial charge in [-0.05, 0) is 39.5 Å². The van der Waals surface area contributed by atoms with E-state index in [9.17, 15) is 8.42 Å². The van der Waals surface area contributed by atoms with Gasteiger partial charge in [0.05, 0.1) is 10.7 Å². The summed E-state index contributed by atoms with van der Waals surface area (Å²) in [5.74, 6) is 0. The third-order valence-electron chi connectivity index (χ3n) is 1.95. The number of thiophene rings is 1. The Morgan fingerprint density at radius 3 is 2.53 bits per heavy atom. The standard InChI is InChI=1S/C10H7BrClNO2S2/c11-7-5-6-16-10(7)17(14,15)13-9-4-2-1-3-8(9)12/h1-6,13H. The van der Waals surface area contributed by atoms with Crippen molar-refractivity contribution in [2.75, 3.05) is 4.72 Å². The van der Waals surface area contributed by atoms with Crippen LogP contribution in [0.1, 0.15) is 0 Å². The number of anilines is 1. The van der Waals surface area contributed by atoms with Crippen LogP contribution in [0, 0.1) is 0 Å². The number of para-hydroxylation sites is 1. The van der Waals surface area contributed by atoms with Gasteiger partial charge < -0.3 is 0 Å². The van der Waals surface area contributed by atoms with Crippen LogP contribution in [0.25, 0.3) is 0 Å². The Hall–Kier alpha value is -0.560. The minimum absolute atomic E-state index is 0.234. The highest BCUT2D eigenvalue weighted by Gasteiger charge is 2.19. The fourth-order valence-electron chi connectivity index (χ4n) is 1.21. The molecular weight excluding hydrogens is 346 g/mol. The molecule has 0 spiro atoms. The molecule has 1 aromatic carbocycles. The van der Waals surface area contributed by atoms with Crippen LogP contribution in [0.15, 0.2) is 44.4 Å². The Kier molecular flexibility index (Phi) is 3.77. The molecule has 0 bridgehead atoms. The van der Waals surface area contributed by atoms with Gasteiger partial charge in [-0.2, -0.15) is 0 Å². The SMILES string of the molecule is O=S(=O)(Nc1ccccc1Cl)c1sccc1Br. The molecule has 1 heterocycles. The molecule has 1 N–H and O–H groups in total. The second kappa shape index (κ2) is 4.97. The number of halogens is 2. The highest BCUT2D eigenvalue weighted by Crippen LogP contribution is 2.30. The molecule has 1 aromatic heterocycles. The van der Waals surface area contributed by atoms with Gasteiger partial charge in [-0.1, -0.05) is 23.7 Å². The number of hydrogen-bond donors (Lipinski definition) is 1. The number of benzene rings is 1. The first-order chi connectivity index (χ1) is 8.00. The van der Waals surface area contributed by atoms with Gasteiger partial charge in [0.2, 0.25) is 0 Å². The van der Waals surface area contributed by atoms with Gasteiger partial charge in [0.25, 0.3) is 10.0 Å².